The highest BCUT2D eigenvalue weighted by Gasteiger charge is 2.09. The van der Waals surface area contributed by atoms with E-state index in [9.17, 15) is 4.79 Å². The van der Waals surface area contributed by atoms with Crippen LogP contribution in [0.4, 0.5) is 11.4 Å². The van der Waals surface area contributed by atoms with Crippen LogP contribution in [0, 0.1) is 0 Å². The number of hydrogen-bond donors (Lipinski definition) is 3. The van der Waals surface area contributed by atoms with Crippen LogP contribution in [0.15, 0.2) is 18.2 Å². The number of aromatic carboxylic acids is 1. The Labute approximate surface area is 107 Å². The molecule has 0 aliphatic rings. The van der Waals surface area contributed by atoms with E-state index < -0.39 is 5.97 Å². The largest absolute Gasteiger partial charge is 0.478 e. The molecule has 1 aromatic rings. The molecule has 0 aliphatic carbocycles. The maximum atomic E-state index is 11.0. The maximum Gasteiger partial charge on any atom is 0.337 e. The van der Waals surface area contributed by atoms with E-state index in [1.807, 2.05) is 0 Å². The monoisotopic (exact) mass is 252 g/mol. The molecule has 5 nitrogen and oxygen atoms in total. The summed E-state index contributed by atoms with van der Waals surface area (Å²) < 4.78 is 4.96. The zero-order valence-corrected chi connectivity index (χ0v) is 10.6. The number of anilines is 2. The van der Waals surface area contributed by atoms with E-state index in [1.54, 1.807) is 19.2 Å². The van der Waals surface area contributed by atoms with Crippen LogP contribution in [0.2, 0.25) is 0 Å². The molecule has 5 heteroatoms. The number of carbonyl (C=O) groups is 1. The number of carboxylic acid groups (broad SMARTS) is 1. The summed E-state index contributed by atoms with van der Waals surface area (Å²) >= 11 is 0. The van der Waals surface area contributed by atoms with Gasteiger partial charge >= 0.3 is 5.97 Å². The Kier molecular flexibility index (Phi) is 6.00. The van der Waals surface area contributed by atoms with Gasteiger partial charge in [0.25, 0.3) is 0 Å². The van der Waals surface area contributed by atoms with E-state index in [2.05, 4.69) is 5.32 Å². The van der Waals surface area contributed by atoms with Crippen molar-refractivity contribution in [1.29, 1.82) is 0 Å². The fraction of sp³-hybridized carbons (Fsp3) is 0.462. The second kappa shape index (κ2) is 7.55. The number of hydrogen-bond acceptors (Lipinski definition) is 4. The molecule has 0 atom stereocenters. The van der Waals surface area contributed by atoms with E-state index in [1.165, 1.54) is 6.07 Å². The van der Waals surface area contributed by atoms with Crippen LogP contribution in [0.5, 0.6) is 0 Å². The molecule has 0 aliphatic heterocycles. The Morgan fingerprint density at radius 1 is 1.39 bits per heavy atom. The van der Waals surface area contributed by atoms with Gasteiger partial charge in [0.05, 0.1) is 11.3 Å². The normalized spacial score (nSPS) is 10.3. The highest BCUT2D eigenvalue weighted by Crippen LogP contribution is 2.19. The number of nitrogens with two attached hydrogens (primary N) is 1. The summed E-state index contributed by atoms with van der Waals surface area (Å²) in [7, 11) is 1.68. The Morgan fingerprint density at radius 2 is 2.17 bits per heavy atom. The van der Waals surface area contributed by atoms with Crippen LogP contribution < -0.4 is 11.1 Å². The number of benzene rings is 1. The molecule has 18 heavy (non-hydrogen) atoms. The summed E-state index contributed by atoms with van der Waals surface area (Å²) in [6.45, 7) is 1.49. The number of nitrogen functional groups attached to an aromatic ring is 1. The standard InChI is InChI=1S/C13H20N2O3/c1-18-8-4-2-3-7-15-12-9-10(14)5-6-11(12)13(16)17/h5-6,9,15H,2-4,7-8,14H2,1H3,(H,16,17). The van der Waals surface area contributed by atoms with Crippen molar-refractivity contribution in [3.8, 4) is 0 Å². The van der Waals surface area contributed by atoms with Gasteiger partial charge in [-0.05, 0) is 37.5 Å². The summed E-state index contributed by atoms with van der Waals surface area (Å²) in [6, 6.07) is 4.76. The van der Waals surface area contributed by atoms with Gasteiger partial charge < -0.3 is 20.9 Å². The van der Waals surface area contributed by atoms with E-state index in [0.717, 1.165) is 32.4 Å². The third kappa shape index (κ3) is 4.63. The minimum Gasteiger partial charge on any atom is -0.478 e. The van der Waals surface area contributed by atoms with Crippen molar-refractivity contribution >= 4 is 17.3 Å². The molecule has 1 rings (SSSR count). The molecule has 0 heterocycles. The highest BCUT2D eigenvalue weighted by atomic mass is 16.5. The fourth-order valence-corrected chi connectivity index (χ4v) is 1.67. The lowest BCUT2D eigenvalue weighted by Gasteiger charge is -2.10. The SMILES string of the molecule is COCCCCCNc1cc(N)ccc1C(=O)O. The van der Waals surface area contributed by atoms with Crippen molar-refractivity contribution in [2.24, 2.45) is 0 Å². The predicted molar refractivity (Wildman–Crippen MR) is 72.0 cm³/mol. The second-order valence-corrected chi connectivity index (χ2v) is 4.09. The van der Waals surface area contributed by atoms with Crippen molar-refractivity contribution in [3.63, 3.8) is 0 Å². The molecular formula is C13H20N2O3. The molecule has 0 bridgehead atoms. The summed E-state index contributed by atoms with van der Waals surface area (Å²) in [5.74, 6) is -0.947. The third-order valence-electron chi connectivity index (χ3n) is 2.61. The van der Waals surface area contributed by atoms with E-state index in [4.69, 9.17) is 15.6 Å². The minimum absolute atomic E-state index is 0.251. The number of unbranched alkanes of at least 4 members (excludes halogenated alkanes) is 2. The van der Waals surface area contributed by atoms with Gasteiger partial charge in [0.2, 0.25) is 0 Å². The molecule has 0 saturated heterocycles. The van der Waals surface area contributed by atoms with Crippen molar-refractivity contribution in [2.45, 2.75) is 19.3 Å². The second-order valence-electron chi connectivity index (χ2n) is 4.09. The van der Waals surface area contributed by atoms with Gasteiger partial charge in [-0.3, -0.25) is 0 Å². The smallest absolute Gasteiger partial charge is 0.337 e. The Hall–Kier alpha value is -1.75. The molecule has 1 aromatic carbocycles. The molecule has 4 N–H and O–H groups in total. The van der Waals surface area contributed by atoms with Crippen molar-refractivity contribution in [1.82, 2.24) is 0 Å². The number of methoxy groups -OCH3 is 1. The van der Waals surface area contributed by atoms with Gasteiger partial charge in [0, 0.05) is 25.9 Å². The van der Waals surface area contributed by atoms with Gasteiger partial charge in [-0.15, -0.1) is 0 Å². The number of nitrogens with one attached hydrogen (secondary N) is 1. The van der Waals surface area contributed by atoms with Crippen molar-refractivity contribution < 1.29 is 14.6 Å². The van der Waals surface area contributed by atoms with Crippen molar-refractivity contribution in [2.75, 3.05) is 31.3 Å². The van der Waals surface area contributed by atoms with Crippen LogP contribution in [0.3, 0.4) is 0 Å². The van der Waals surface area contributed by atoms with Crippen LogP contribution >= 0.6 is 0 Å². The summed E-state index contributed by atoms with van der Waals surface area (Å²) in [5.41, 5.74) is 7.03. The Balaban J connectivity index is 2.45. The first-order valence-corrected chi connectivity index (χ1v) is 6.00. The average Bonchev–Trinajstić information content (AvgIpc) is 2.33. The number of rotatable bonds is 8. The lowest BCUT2D eigenvalue weighted by molar-refractivity contribution is 0.0698. The Morgan fingerprint density at radius 3 is 2.83 bits per heavy atom. The predicted octanol–water partition coefficient (Wildman–Crippen LogP) is 2.20. The molecule has 0 unspecified atom stereocenters. The molecular weight excluding hydrogens is 232 g/mol. The summed E-state index contributed by atoms with van der Waals surface area (Å²) in [4.78, 5) is 11.0. The summed E-state index contributed by atoms with van der Waals surface area (Å²) in [6.07, 6.45) is 3.03. The Bertz CT molecular complexity index is 394. The van der Waals surface area contributed by atoms with Gasteiger partial charge in [-0.1, -0.05) is 0 Å². The highest BCUT2D eigenvalue weighted by molar-refractivity contribution is 5.95. The average molecular weight is 252 g/mol. The molecule has 0 spiro atoms. The molecule has 0 fully saturated rings. The van der Waals surface area contributed by atoms with Gasteiger partial charge in [-0.25, -0.2) is 4.79 Å². The molecule has 0 aromatic heterocycles. The van der Waals surface area contributed by atoms with E-state index in [0.29, 0.717) is 11.4 Å². The van der Waals surface area contributed by atoms with Gasteiger partial charge in [0.15, 0.2) is 0 Å². The zero-order chi connectivity index (χ0) is 13.4. The summed E-state index contributed by atoms with van der Waals surface area (Å²) in [5, 5.41) is 12.1. The van der Waals surface area contributed by atoms with E-state index >= 15 is 0 Å². The zero-order valence-electron chi connectivity index (χ0n) is 10.6. The molecule has 0 radical (unpaired) electrons. The minimum atomic E-state index is -0.947. The lowest BCUT2D eigenvalue weighted by Crippen LogP contribution is -2.08. The van der Waals surface area contributed by atoms with Crippen LogP contribution in [0.1, 0.15) is 29.6 Å². The van der Waals surface area contributed by atoms with Crippen molar-refractivity contribution in [3.05, 3.63) is 23.8 Å². The first-order valence-electron chi connectivity index (χ1n) is 6.00. The lowest BCUT2D eigenvalue weighted by atomic mass is 10.1. The molecule has 0 saturated carbocycles. The topological polar surface area (TPSA) is 84.6 Å². The van der Waals surface area contributed by atoms with Gasteiger partial charge in [-0.2, -0.15) is 0 Å². The van der Waals surface area contributed by atoms with Crippen LogP contribution in [-0.2, 0) is 4.74 Å². The third-order valence-corrected chi connectivity index (χ3v) is 2.61. The van der Waals surface area contributed by atoms with Crippen LogP contribution in [-0.4, -0.2) is 31.3 Å². The quantitative estimate of drug-likeness (QED) is 0.488. The molecule has 100 valence electrons. The first kappa shape index (κ1) is 14.3. The van der Waals surface area contributed by atoms with Crippen LogP contribution in [0.25, 0.3) is 0 Å². The maximum absolute atomic E-state index is 11.0. The number of ether oxygens (including phenoxy) is 1. The number of carboxylic acids is 1. The van der Waals surface area contributed by atoms with Gasteiger partial charge in [0.1, 0.15) is 0 Å². The fourth-order valence-electron chi connectivity index (χ4n) is 1.67. The molecule has 0 amide bonds. The van der Waals surface area contributed by atoms with E-state index in [-0.39, 0.29) is 5.56 Å². The first-order chi connectivity index (χ1) is 8.65.